The molecule has 0 saturated heterocycles. The molecule has 2 atom stereocenters. The number of ether oxygens (including phenoxy) is 3. The number of unbranched alkanes of at least 4 members (excludes halogenated alkanes) is 19. The molecule has 0 aromatic rings. The molecule has 0 spiro atoms. The predicted molar refractivity (Wildman–Crippen MR) is 266 cm³/mol. The SMILES string of the molecule is CC/C=C/C/C=C/C/C=C/C/C=C/C/C=C/CCCC(=O)OC(COCCC(C(=O)O)[N+](C)(C)C)COC(=O)CCCCCCCCC/C=C/CCCCCCCCCCCCC. The van der Waals surface area contributed by atoms with Crippen molar-refractivity contribution in [2.24, 2.45) is 0 Å². The normalized spacial score (nSPS) is 13.5. The molecule has 0 aliphatic heterocycles. The molecule has 0 heterocycles. The minimum atomic E-state index is -0.886. The van der Waals surface area contributed by atoms with E-state index < -0.39 is 18.1 Å². The standard InChI is InChI=1S/C55H95NO7/c1-6-8-10-12-14-16-18-20-22-24-25-26-27-28-30-31-33-35-37-39-41-43-45-53(57)62-50-51(49-61-48-47-52(55(59)60)56(3,4)5)63-54(58)46-44-42-40-38-36-34-32-29-23-21-19-17-15-13-11-9-7-2/h9,11,15,17,21,23,27-28,32,34,38,40,51-52H,6-8,10,12-14,16,18-20,22,24-26,29-31,33,35-37,39,41-50H2,1-5H3/p+1/b11-9+,17-15+,23-21+,28-27+,34-32+,40-38+. The van der Waals surface area contributed by atoms with Gasteiger partial charge in [0.1, 0.15) is 6.61 Å². The number of carboxylic acid groups (broad SMARTS) is 1. The monoisotopic (exact) mass is 883 g/mol. The summed E-state index contributed by atoms with van der Waals surface area (Å²) in [7, 11) is 5.51. The van der Waals surface area contributed by atoms with Gasteiger partial charge < -0.3 is 23.8 Å². The van der Waals surface area contributed by atoms with Crippen LogP contribution in [-0.2, 0) is 28.6 Å². The Hall–Kier alpha value is -3.23. The number of esters is 2. The van der Waals surface area contributed by atoms with E-state index in [9.17, 15) is 19.5 Å². The van der Waals surface area contributed by atoms with E-state index in [0.29, 0.717) is 19.3 Å². The Kier molecular flexibility index (Phi) is 43.0. The lowest BCUT2D eigenvalue weighted by molar-refractivity contribution is -0.887. The van der Waals surface area contributed by atoms with Gasteiger partial charge >= 0.3 is 17.9 Å². The van der Waals surface area contributed by atoms with Crippen molar-refractivity contribution < 1.29 is 38.2 Å². The van der Waals surface area contributed by atoms with Crippen molar-refractivity contribution in [1.82, 2.24) is 0 Å². The Morgan fingerprint density at radius 3 is 1.38 bits per heavy atom. The number of aliphatic carboxylic acids is 1. The van der Waals surface area contributed by atoms with Crippen LogP contribution in [0, 0.1) is 0 Å². The number of nitrogens with zero attached hydrogens (tertiary/aromatic N) is 1. The third-order valence-electron chi connectivity index (χ3n) is 11.1. The predicted octanol–water partition coefficient (Wildman–Crippen LogP) is 14.7. The van der Waals surface area contributed by atoms with E-state index in [1.165, 1.54) is 109 Å². The summed E-state index contributed by atoms with van der Waals surface area (Å²) in [6.07, 6.45) is 58.2. The molecule has 0 bridgehead atoms. The van der Waals surface area contributed by atoms with Crippen LogP contribution in [0.25, 0.3) is 0 Å². The summed E-state index contributed by atoms with van der Waals surface area (Å²) in [5, 5.41) is 9.65. The fraction of sp³-hybridized carbons (Fsp3) is 0.727. The maximum Gasteiger partial charge on any atom is 0.362 e. The zero-order chi connectivity index (χ0) is 46.3. The lowest BCUT2D eigenvalue weighted by atomic mass is 10.0. The van der Waals surface area contributed by atoms with Gasteiger partial charge in [-0.3, -0.25) is 9.59 Å². The molecule has 362 valence electrons. The average molecular weight is 883 g/mol. The van der Waals surface area contributed by atoms with Gasteiger partial charge in [0.2, 0.25) is 0 Å². The van der Waals surface area contributed by atoms with Crippen LogP contribution in [0.1, 0.15) is 206 Å². The van der Waals surface area contributed by atoms with Crippen LogP contribution in [-0.4, -0.2) is 80.6 Å². The summed E-state index contributed by atoms with van der Waals surface area (Å²) in [6.45, 7) is 4.57. The highest BCUT2D eigenvalue weighted by atomic mass is 16.6. The molecule has 0 aromatic carbocycles. The highest BCUT2D eigenvalue weighted by molar-refractivity contribution is 5.72. The molecule has 0 aromatic heterocycles. The second-order valence-corrected chi connectivity index (χ2v) is 18.0. The molecular formula is C55H96NO7+. The fourth-order valence-corrected chi connectivity index (χ4v) is 7.18. The van der Waals surface area contributed by atoms with Gasteiger partial charge in [0, 0.05) is 19.3 Å². The van der Waals surface area contributed by atoms with Crippen molar-refractivity contribution in [2.75, 3.05) is 41.0 Å². The Labute approximate surface area is 387 Å². The van der Waals surface area contributed by atoms with E-state index in [0.717, 1.165) is 57.8 Å². The molecule has 2 unspecified atom stereocenters. The number of hydrogen-bond donors (Lipinski definition) is 1. The smallest absolute Gasteiger partial charge is 0.362 e. The zero-order valence-electron chi connectivity index (χ0n) is 41.3. The van der Waals surface area contributed by atoms with E-state index >= 15 is 0 Å². The number of quaternary nitrogens is 1. The van der Waals surface area contributed by atoms with Crippen molar-refractivity contribution in [1.29, 1.82) is 0 Å². The average Bonchev–Trinajstić information content (AvgIpc) is 3.24. The number of rotatable bonds is 45. The van der Waals surface area contributed by atoms with Crippen LogP contribution >= 0.6 is 0 Å². The molecule has 0 saturated carbocycles. The first kappa shape index (κ1) is 59.8. The number of likely N-dealkylation sites (N-methyl/N-ethyl adjacent to an activating group) is 1. The number of carbonyl (C=O) groups excluding carboxylic acids is 2. The molecule has 0 fully saturated rings. The van der Waals surface area contributed by atoms with Crippen LogP contribution < -0.4 is 0 Å². The highest BCUT2D eigenvalue weighted by Crippen LogP contribution is 2.14. The van der Waals surface area contributed by atoms with Gasteiger partial charge in [-0.2, -0.15) is 0 Å². The Morgan fingerprint density at radius 2 is 0.905 bits per heavy atom. The number of carboxylic acids is 1. The molecular weight excluding hydrogens is 787 g/mol. The molecule has 0 aliphatic carbocycles. The van der Waals surface area contributed by atoms with Crippen molar-refractivity contribution in [3.8, 4) is 0 Å². The zero-order valence-corrected chi connectivity index (χ0v) is 41.3. The van der Waals surface area contributed by atoms with Crippen molar-refractivity contribution in [3.63, 3.8) is 0 Å². The third kappa shape index (κ3) is 43.8. The van der Waals surface area contributed by atoms with E-state index in [1.807, 2.05) is 21.1 Å². The Morgan fingerprint density at radius 1 is 0.492 bits per heavy atom. The molecule has 8 nitrogen and oxygen atoms in total. The lowest BCUT2D eigenvalue weighted by Gasteiger charge is -2.31. The number of carbonyl (C=O) groups is 3. The fourth-order valence-electron chi connectivity index (χ4n) is 7.18. The van der Waals surface area contributed by atoms with E-state index in [4.69, 9.17) is 14.2 Å². The molecule has 0 aliphatic rings. The van der Waals surface area contributed by atoms with Gasteiger partial charge in [-0.05, 0) is 77.0 Å². The molecule has 8 heteroatoms. The van der Waals surface area contributed by atoms with E-state index in [-0.39, 0.29) is 42.7 Å². The highest BCUT2D eigenvalue weighted by Gasteiger charge is 2.31. The molecule has 0 radical (unpaired) electrons. The minimum Gasteiger partial charge on any atom is -0.477 e. The maximum absolute atomic E-state index is 12.7. The molecule has 1 N–H and O–H groups in total. The third-order valence-corrected chi connectivity index (χ3v) is 11.1. The van der Waals surface area contributed by atoms with Gasteiger partial charge in [-0.15, -0.1) is 0 Å². The van der Waals surface area contributed by atoms with E-state index in [2.05, 4.69) is 86.8 Å². The first-order chi connectivity index (χ1) is 30.6. The van der Waals surface area contributed by atoms with Crippen LogP contribution in [0.5, 0.6) is 0 Å². The summed E-state index contributed by atoms with van der Waals surface area (Å²) in [5.74, 6) is -1.55. The molecule has 63 heavy (non-hydrogen) atoms. The van der Waals surface area contributed by atoms with Crippen LogP contribution in [0.4, 0.5) is 0 Å². The largest absolute Gasteiger partial charge is 0.477 e. The van der Waals surface area contributed by atoms with Gasteiger partial charge in [0.25, 0.3) is 0 Å². The first-order valence-corrected chi connectivity index (χ1v) is 25.5. The summed E-state index contributed by atoms with van der Waals surface area (Å²) in [6, 6.07) is -0.629. The lowest BCUT2D eigenvalue weighted by Crippen LogP contribution is -2.50. The summed E-state index contributed by atoms with van der Waals surface area (Å²) in [5.41, 5.74) is 0. The second-order valence-electron chi connectivity index (χ2n) is 18.0. The van der Waals surface area contributed by atoms with Crippen LogP contribution in [0.2, 0.25) is 0 Å². The second kappa shape index (κ2) is 45.3. The first-order valence-electron chi connectivity index (χ1n) is 25.5. The topological polar surface area (TPSA) is 99.1 Å². The Bertz CT molecular complexity index is 1260. The van der Waals surface area contributed by atoms with Crippen molar-refractivity contribution >= 4 is 17.9 Å². The summed E-state index contributed by atoms with van der Waals surface area (Å²) in [4.78, 5) is 37.1. The minimum absolute atomic E-state index is 0.0342. The molecule has 0 amide bonds. The van der Waals surface area contributed by atoms with E-state index in [1.54, 1.807) is 0 Å². The van der Waals surface area contributed by atoms with Gasteiger partial charge in [0.15, 0.2) is 12.1 Å². The number of allylic oxidation sites excluding steroid dienone is 12. The maximum atomic E-state index is 12.7. The van der Waals surface area contributed by atoms with Crippen molar-refractivity contribution in [3.05, 3.63) is 72.9 Å². The summed E-state index contributed by atoms with van der Waals surface area (Å²) >= 11 is 0. The van der Waals surface area contributed by atoms with Crippen LogP contribution in [0.15, 0.2) is 72.9 Å². The number of hydrogen-bond acceptors (Lipinski definition) is 6. The van der Waals surface area contributed by atoms with Crippen molar-refractivity contribution in [2.45, 2.75) is 219 Å². The quantitative estimate of drug-likeness (QED) is 0.0281. The van der Waals surface area contributed by atoms with Gasteiger partial charge in [-0.1, -0.05) is 183 Å². The van der Waals surface area contributed by atoms with Gasteiger partial charge in [-0.25, -0.2) is 4.79 Å². The Balaban J connectivity index is 4.32. The van der Waals surface area contributed by atoms with Crippen LogP contribution in [0.3, 0.4) is 0 Å². The van der Waals surface area contributed by atoms with Gasteiger partial charge in [0.05, 0.1) is 34.4 Å². The molecule has 0 rings (SSSR count). The summed E-state index contributed by atoms with van der Waals surface area (Å²) < 4.78 is 17.3.